The minimum atomic E-state index is -1.11. The Morgan fingerprint density at radius 3 is 2.46 bits per heavy atom. The Morgan fingerprint density at radius 1 is 1.04 bits per heavy atom. The highest BCUT2D eigenvalue weighted by Gasteiger charge is 2.69. The van der Waals surface area contributed by atoms with Gasteiger partial charge in [-0.3, -0.25) is 4.74 Å². The van der Waals surface area contributed by atoms with Gasteiger partial charge >= 0.3 is 0 Å². The predicted molar refractivity (Wildman–Crippen MR) is 93.2 cm³/mol. The molecular formula is C20H28O6. The number of hydrogen-bond donors (Lipinski definition) is 0. The molecule has 0 aromatic heterocycles. The van der Waals surface area contributed by atoms with Gasteiger partial charge in [-0.1, -0.05) is 51.1 Å². The van der Waals surface area contributed by atoms with Gasteiger partial charge in [0.05, 0.1) is 13.2 Å². The number of fused-ring (bicyclic) bond motifs is 2. The van der Waals surface area contributed by atoms with Crippen LogP contribution in [0.25, 0.3) is 0 Å². The standard InChI is InChI=1S/C20H28O6/c1-5-21-12-14-15-16(22-11-13-9-7-6-8-10-13)17-18(23-14)26-20(24-15,25-17)19(2,3)4/h6-10,14-18H,5,11-12H2,1-4H3/t14-,15-,16+,17-,18-,20?/m1/s1. The van der Waals surface area contributed by atoms with Crippen LogP contribution in [0.1, 0.15) is 33.3 Å². The van der Waals surface area contributed by atoms with Crippen molar-refractivity contribution in [3.05, 3.63) is 35.9 Å². The van der Waals surface area contributed by atoms with E-state index in [9.17, 15) is 0 Å². The Bertz CT molecular complexity index is 614. The summed E-state index contributed by atoms with van der Waals surface area (Å²) < 4.78 is 36.6. The molecule has 26 heavy (non-hydrogen) atoms. The van der Waals surface area contributed by atoms with Crippen LogP contribution in [-0.2, 0) is 35.0 Å². The van der Waals surface area contributed by atoms with Crippen LogP contribution in [0.4, 0.5) is 0 Å². The lowest BCUT2D eigenvalue weighted by Crippen LogP contribution is -2.64. The molecule has 0 aliphatic carbocycles. The summed E-state index contributed by atoms with van der Waals surface area (Å²) in [6.45, 7) is 9.64. The molecule has 4 rings (SSSR count). The van der Waals surface area contributed by atoms with Crippen LogP contribution >= 0.6 is 0 Å². The maximum Gasteiger partial charge on any atom is 0.291 e. The quantitative estimate of drug-likeness (QED) is 0.774. The van der Waals surface area contributed by atoms with E-state index >= 15 is 0 Å². The van der Waals surface area contributed by atoms with Gasteiger partial charge in [0.1, 0.15) is 24.4 Å². The number of hydrogen-bond acceptors (Lipinski definition) is 6. The second-order valence-electron chi connectivity index (χ2n) is 8.05. The Hall–Kier alpha value is -1.02. The summed E-state index contributed by atoms with van der Waals surface area (Å²) in [7, 11) is 0. The molecule has 6 atom stereocenters. The normalized spacial score (nSPS) is 38.7. The molecule has 0 N–H and O–H groups in total. The van der Waals surface area contributed by atoms with E-state index in [4.69, 9.17) is 28.4 Å². The van der Waals surface area contributed by atoms with Gasteiger partial charge in [0.2, 0.25) is 0 Å². The topological polar surface area (TPSA) is 55.4 Å². The SMILES string of the molecule is CCOC[C@H]1O[C@@H]2OC3(C(C)(C)C)O[C@@H]2[C@@H](OCc2ccccc2)[C@@H]1O3. The fourth-order valence-electron chi connectivity index (χ4n) is 3.69. The molecule has 0 amide bonds. The van der Waals surface area contributed by atoms with Crippen LogP contribution in [0, 0.1) is 5.41 Å². The molecule has 1 aromatic carbocycles. The predicted octanol–water partition coefficient (Wildman–Crippen LogP) is 2.85. The largest absolute Gasteiger partial charge is 0.379 e. The average Bonchev–Trinajstić information content (AvgIpc) is 2.83. The smallest absolute Gasteiger partial charge is 0.291 e. The maximum atomic E-state index is 6.36. The second-order valence-corrected chi connectivity index (χ2v) is 8.05. The summed E-state index contributed by atoms with van der Waals surface area (Å²) in [5.41, 5.74) is 0.754. The molecule has 3 saturated heterocycles. The van der Waals surface area contributed by atoms with Crippen LogP contribution in [0.3, 0.4) is 0 Å². The first-order chi connectivity index (χ1) is 12.4. The summed E-state index contributed by atoms with van der Waals surface area (Å²) in [4.78, 5) is 0. The van der Waals surface area contributed by atoms with Gasteiger partial charge in [-0.2, -0.15) is 0 Å². The first-order valence-corrected chi connectivity index (χ1v) is 9.36. The molecule has 3 fully saturated rings. The van der Waals surface area contributed by atoms with Gasteiger partial charge in [-0.15, -0.1) is 0 Å². The molecule has 3 bridgehead atoms. The molecule has 0 radical (unpaired) electrons. The lowest BCUT2D eigenvalue weighted by molar-refractivity contribution is -0.430. The fourth-order valence-corrected chi connectivity index (χ4v) is 3.69. The number of benzene rings is 1. The van der Waals surface area contributed by atoms with Crippen LogP contribution in [-0.4, -0.2) is 49.9 Å². The summed E-state index contributed by atoms with van der Waals surface area (Å²) in [6.07, 6.45) is -1.64. The van der Waals surface area contributed by atoms with Crippen LogP contribution in [0.2, 0.25) is 0 Å². The lowest BCUT2D eigenvalue weighted by atomic mass is 9.91. The summed E-state index contributed by atoms with van der Waals surface area (Å²) in [6, 6.07) is 10.1. The van der Waals surface area contributed by atoms with Gasteiger partial charge in [-0.25, -0.2) is 0 Å². The second kappa shape index (κ2) is 6.86. The Labute approximate surface area is 154 Å². The van der Waals surface area contributed by atoms with Crippen molar-refractivity contribution in [1.29, 1.82) is 0 Å². The van der Waals surface area contributed by atoms with Crippen molar-refractivity contribution in [3.63, 3.8) is 0 Å². The third-order valence-electron chi connectivity index (χ3n) is 5.14. The molecule has 3 heterocycles. The van der Waals surface area contributed by atoms with E-state index < -0.39 is 12.3 Å². The molecule has 3 aliphatic rings. The van der Waals surface area contributed by atoms with Crippen molar-refractivity contribution in [2.45, 2.75) is 71.0 Å². The molecule has 0 saturated carbocycles. The van der Waals surface area contributed by atoms with Crippen molar-refractivity contribution in [3.8, 4) is 0 Å². The van der Waals surface area contributed by atoms with E-state index in [1.807, 2.05) is 58.0 Å². The van der Waals surface area contributed by atoms with Crippen LogP contribution in [0.15, 0.2) is 30.3 Å². The summed E-state index contributed by atoms with van der Waals surface area (Å²) in [5, 5.41) is 0. The highest BCUT2D eigenvalue weighted by molar-refractivity contribution is 5.14. The van der Waals surface area contributed by atoms with Gasteiger partial charge in [0.15, 0.2) is 6.29 Å². The Morgan fingerprint density at radius 2 is 1.77 bits per heavy atom. The molecule has 144 valence electrons. The third-order valence-corrected chi connectivity index (χ3v) is 5.14. The third kappa shape index (κ3) is 3.09. The zero-order chi connectivity index (χ0) is 18.4. The van der Waals surface area contributed by atoms with E-state index in [0.717, 1.165) is 5.56 Å². The van der Waals surface area contributed by atoms with Gasteiger partial charge < -0.3 is 23.7 Å². The van der Waals surface area contributed by atoms with E-state index in [-0.39, 0.29) is 29.8 Å². The van der Waals surface area contributed by atoms with Gasteiger partial charge in [0.25, 0.3) is 5.97 Å². The Balaban J connectivity index is 1.55. The molecule has 1 aromatic rings. The van der Waals surface area contributed by atoms with Crippen molar-refractivity contribution in [2.75, 3.05) is 13.2 Å². The molecule has 6 heteroatoms. The van der Waals surface area contributed by atoms with Crippen molar-refractivity contribution in [2.24, 2.45) is 5.41 Å². The summed E-state index contributed by atoms with van der Waals surface area (Å²) >= 11 is 0. The van der Waals surface area contributed by atoms with Crippen molar-refractivity contribution in [1.82, 2.24) is 0 Å². The molecular weight excluding hydrogens is 336 g/mol. The lowest BCUT2D eigenvalue weighted by Gasteiger charge is -2.48. The van der Waals surface area contributed by atoms with Crippen molar-refractivity contribution < 1.29 is 28.4 Å². The summed E-state index contributed by atoms with van der Waals surface area (Å²) in [5.74, 6) is -1.11. The minimum absolute atomic E-state index is 0.245. The molecule has 6 nitrogen and oxygen atoms in total. The monoisotopic (exact) mass is 364 g/mol. The molecule has 3 aliphatic heterocycles. The number of ether oxygens (including phenoxy) is 6. The minimum Gasteiger partial charge on any atom is -0.379 e. The van der Waals surface area contributed by atoms with E-state index in [1.165, 1.54) is 0 Å². The fraction of sp³-hybridized carbons (Fsp3) is 0.700. The molecule has 1 unspecified atom stereocenters. The maximum absolute atomic E-state index is 6.36. The zero-order valence-electron chi connectivity index (χ0n) is 15.8. The van der Waals surface area contributed by atoms with E-state index in [2.05, 4.69) is 0 Å². The van der Waals surface area contributed by atoms with E-state index in [0.29, 0.717) is 19.8 Å². The zero-order valence-corrected chi connectivity index (χ0v) is 15.8. The first kappa shape index (κ1) is 18.3. The number of rotatable bonds is 6. The van der Waals surface area contributed by atoms with Crippen molar-refractivity contribution >= 4 is 0 Å². The van der Waals surface area contributed by atoms with Gasteiger partial charge in [0, 0.05) is 12.0 Å². The average molecular weight is 364 g/mol. The highest BCUT2D eigenvalue weighted by atomic mass is 17.0. The first-order valence-electron chi connectivity index (χ1n) is 9.36. The Kier molecular flexibility index (Phi) is 4.84. The van der Waals surface area contributed by atoms with E-state index in [1.54, 1.807) is 0 Å². The highest BCUT2D eigenvalue weighted by Crippen LogP contribution is 2.53. The van der Waals surface area contributed by atoms with Crippen LogP contribution in [0.5, 0.6) is 0 Å². The molecule has 0 spiro atoms. The van der Waals surface area contributed by atoms with Gasteiger partial charge in [-0.05, 0) is 12.5 Å². The van der Waals surface area contributed by atoms with Crippen LogP contribution < -0.4 is 0 Å².